The van der Waals surface area contributed by atoms with Crippen molar-refractivity contribution >= 4 is 11.5 Å². The Labute approximate surface area is 171 Å². The van der Waals surface area contributed by atoms with Crippen LogP contribution in [0.3, 0.4) is 0 Å². The Morgan fingerprint density at radius 1 is 1.13 bits per heavy atom. The molecule has 0 amide bonds. The highest BCUT2D eigenvalue weighted by Gasteiger charge is 2.17. The summed E-state index contributed by atoms with van der Waals surface area (Å²) >= 11 is 0. The maximum atomic E-state index is 12.0. The number of aliphatic hydroxyl groups is 1. The largest absolute Gasteiger partial charge is 0.505 e. The molecular formula is C21H18N6O3. The molecule has 1 atom stereocenters. The first-order valence-corrected chi connectivity index (χ1v) is 9.17. The first-order valence-electron chi connectivity index (χ1n) is 9.17. The van der Waals surface area contributed by atoms with Gasteiger partial charge in [0.05, 0.1) is 6.33 Å². The number of para-hydroxylation sites is 1. The van der Waals surface area contributed by atoms with E-state index in [4.69, 9.17) is 4.74 Å². The number of carbonyl (C=O) groups excluding carboxylic acids is 1. The molecule has 0 radical (unpaired) electrons. The lowest BCUT2D eigenvalue weighted by molar-refractivity contribution is 0.103. The van der Waals surface area contributed by atoms with Crippen molar-refractivity contribution in [2.24, 2.45) is 0 Å². The molecule has 2 N–H and O–H groups in total. The lowest BCUT2D eigenvalue weighted by atomic mass is 10.1. The van der Waals surface area contributed by atoms with Crippen LogP contribution >= 0.6 is 0 Å². The van der Waals surface area contributed by atoms with Gasteiger partial charge < -0.3 is 14.4 Å². The quantitative estimate of drug-likeness (QED) is 0.264. The number of ether oxygens (including phenoxy) is 1. The summed E-state index contributed by atoms with van der Waals surface area (Å²) in [4.78, 5) is 16.2. The number of ketones is 1. The minimum atomic E-state index is -0.586. The van der Waals surface area contributed by atoms with E-state index >= 15 is 0 Å². The van der Waals surface area contributed by atoms with Gasteiger partial charge in [0.25, 0.3) is 0 Å². The number of allylic oxidation sites excluding steroid dienone is 1. The number of imidazole rings is 1. The second-order valence-corrected chi connectivity index (χ2v) is 6.41. The summed E-state index contributed by atoms with van der Waals surface area (Å²) in [5.41, 5.74) is 1.31. The van der Waals surface area contributed by atoms with Gasteiger partial charge in [0.2, 0.25) is 11.6 Å². The molecule has 0 aliphatic carbocycles. The minimum absolute atomic E-state index is 0.143. The van der Waals surface area contributed by atoms with Crippen LogP contribution in [0.4, 0.5) is 0 Å². The summed E-state index contributed by atoms with van der Waals surface area (Å²) in [5.74, 6) is -0.324. The van der Waals surface area contributed by atoms with Crippen molar-refractivity contribution in [3.63, 3.8) is 0 Å². The molecule has 0 aliphatic heterocycles. The number of hydrogen-bond donors (Lipinski definition) is 2. The Morgan fingerprint density at radius 3 is 2.57 bits per heavy atom. The van der Waals surface area contributed by atoms with Crippen molar-refractivity contribution in [2.45, 2.75) is 12.6 Å². The number of hydrogen-bond acceptors (Lipinski definition) is 7. The van der Waals surface area contributed by atoms with Crippen molar-refractivity contribution in [1.82, 2.24) is 30.2 Å². The van der Waals surface area contributed by atoms with Gasteiger partial charge in [-0.2, -0.15) is 5.21 Å². The SMILES string of the molecule is O=C(C=C(O)c1cn(C(Cc2ccccc2)Oc2ccccc2)cn1)c1nn[nH]n1. The number of rotatable bonds is 8. The van der Waals surface area contributed by atoms with Gasteiger partial charge >= 0.3 is 0 Å². The number of aliphatic hydroxyl groups excluding tert-OH is 1. The normalized spacial score (nSPS) is 12.5. The fourth-order valence-corrected chi connectivity index (χ4v) is 2.84. The third-order valence-electron chi connectivity index (χ3n) is 4.30. The number of aromatic nitrogens is 6. The van der Waals surface area contributed by atoms with E-state index in [1.807, 2.05) is 60.7 Å². The third-order valence-corrected chi connectivity index (χ3v) is 4.30. The third kappa shape index (κ3) is 4.58. The van der Waals surface area contributed by atoms with Crippen molar-refractivity contribution in [1.29, 1.82) is 0 Å². The molecule has 0 fully saturated rings. The van der Waals surface area contributed by atoms with Crippen LogP contribution in [0.15, 0.2) is 79.3 Å². The van der Waals surface area contributed by atoms with Gasteiger partial charge in [-0.3, -0.25) is 4.79 Å². The molecule has 0 bridgehead atoms. The fourth-order valence-electron chi connectivity index (χ4n) is 2.84. The van der Waals surface area contributed by atoms with Gasteiger partial charge in [-0.25, -0.2) is 4.98 Å². The van der Waals surface area contributed by atoms with Gasteiger partial charge in [0.15, 0.2) is 6.23 Å². The molecule has 0 saturated carbocycles. The zero-order chi connectivity index (χ0) is 20.8. The second kappa shape index (κ2) is 8.82. The Morgan fingerprint density at radius 2 is 1.87 bits per heavy atom. The molecule has 0 aliphatic rings. The average Bonchev–Trinajstić information content (AvgIpc) is 3.47. The van der Waals surface area contributed by atoms with Crippen molar-refractivity contribution < 1.29 is 14.6 Å². The van der Waals surface area contributed by atoms with E-state index in [-0.39, 0.29) is 17.3 Å². The highest BCUT2D eigenvalue weighted by molar-refractivity contribution is 6.04. The van der Waals surface area contributed by atoms with E-state index in [1.54, 1.807) is 17.1 Å². The van der Waals surface area contributed by atoms with Crippen LogP contribution in [0.25, 0.3) is 5.76 Å². The summed E-state index contributed by atoms with van der Waals surface area (Å²) in [5, 5.41) is 23.0. The first kappa shape index (κ1) is 19.1. The van der Waals surface area contributed by atoms with Gasteiger partial charge in [-0.1, -0.05) is 48.5 Å². The molecule has 0 spiro atoms. The van der Waals surface area contributed by atoms with E-state index in [2.05, 4.69) is 25.6 Å². The molecule has 150 valence electrons. The molecule has 2 aromatic carbocycles. The van der Waals surface area contributed by atoms with E-state index < -0.39 is 12.0 Å². The summed E-state index contributed by atoms with van der Waals surface area (Å²) < 4.78 is 7.91. The maximum absolute atomic E-state index is 12.0. The number of carbonyl (C=O) groups is 1. The standard InChI is InChI=1S/C21H18N6O3/c28-18(12-19(29)21-23-25-26-24-21)17-13-27(14-22-17)20(11-15-7-3-1-4-8-15)30-16-9-5-2-6-10-16/h1-10,12-14,20,28H,11H2,(H,23,24,25,26). The fraction of sp³-hybridized carbons (Fsp3) is 0.0952. The van der Waals surface area contributed by atoms with E-state index in [0.717, 1.165) is 11.6 Å². The molecule has 9 nitrogen and oxygen atoms in total. The smallest absolute Gasteiger partial charge is 0.244 e. The number of nitrogens with one attached hydrogen (secondary N) is 1. The van der Waals surface area contributed by atoms with Gasteiger partial charge in [0.1, 0.15) is 17.2 Å². The molecule has 2 aromatic heterocycles. The lowest BCUT2D eigenvalue weighted by Gasteiger charge is -2.20. The maximum Gasteiger partial charge on any atom is 0.244 e. The van der Waals surface area contributed by atoms with Crippen LogP contribution in [0, 0.1) is 0 Å². The van der Waals surface area contributed by atoms with Crippen LogP contribution in [-0.4, -0.2) is 41.1 Å². The van der Waals surface area contributed by atoms with Crippen LogP contribution in [0.2, 0.25) is 0 Å². The zero-order valence-corrected chi connectivity index (χ0v) is 15.8. The Hall–Kier alpha value is -4.27. The summed E-state index contributed by atoms with van der Waals surface area (Å²) in [6, 6.07) is 19.4. The monoisotopic (exact) mass is 402 g/mol. The Kier molecular flexibility index (Phi) is 5.61. The molecule has 1 unspecified atom stereocenters. The van der Waals surface area contributed by atoms with E-state index in [9.17, 15) is 9.90 Å². The number of benzene rings is 2. The molecule has 9 heteroatoms. The minimum Gasteiger partial charge on any atom is -0.505 e. The Bertz CT molecular complexity index is 1080. The van der Waals surface area contributed by atoms with Crippen molar-refractivity contribution in [3.05, 3.63) is 96.3 Å². The van der Waals surface area contributed by atoms with Gasteiger partial charge in [0, 0.05) is 18.7 Å². The molecule has 4 rings (SSSR count). The van der Waals surface area contributed by atoms with Crippen LogP contribution in [0.1, 0.15) is 28.1 Å². The predicted molar refractivity (Wildman–Crippen MR) is 108 cm³/mol. The highest BCUT2D eigenvalue weighted by atomic mass is 16.5. The predicted octanol–water partition coefficient (Wildman–Crippen LogP) is 3.00. The summed E-state index contributed by atoms with van der Waals surface area (Å²) in [6.07, 6.45) is 4.34. The van der Waals surface area contributed by atoms with E-state index in [0.29, 0.717) is 12.2 Å². The number of H-pyrrole nitrogens is 1. The molecule has 0 saturated heterocycles. The topological polar surface area (TPSA) is 119 Å². The number of tetrazole rings is 1. The number of aromatic amines is 1. The average molecular weight is 402 g/mol. The molecule has 2 heterocycles. The van der Waals surface area contributed by atoms with Gasteiger partial charge in [-0.05, 0) is 22.9 Å². The van der Waals surface area contributed by atoms with Gasteiger partial charge in [-0.15, -0.1) is 10.2 Å². The van der Waals surface area contributed by atoms with Crippen LogP contribution < -0.4 is 4.74 Å². The summed E-state index contributed by atoms with van der Waals surface area (Å²) in [6.45, 7) is 0. The molecule has 30 heavy (non-hydrogen) atoms. The highest BCUT2D eigenvalue weighted by Crippen LogP contribution is 2.22. The van der Waals surface area contributed by atoms with Crippen molar-refractivity contribution in [3.8, 4) is 5.75 Å². The number of nitrogens with zero attached hydrogens (tertiary/aromatic N) is 5. The van der Waals surface area contributed by atoms with Crippen LogP contribution in [-0.2, 0) is 6.42 Å². The van der Waals surface area contributed by atoms with Crippen molar-refractivity contribution in [2.75, 3.05) is 0 Å². The molecule has 4 aromatic rings. The summed E-state index contributed by atoms with van der Waals surface area (Å²) in [7, 11) is 0. The zero-order valence-electron chi connectivity index (χ0n) is 15.8. The molecular weight excluding hydrogens is 384 g/mol. The Balaban J connectivity index is 1.58. The first-order chi connectivity index (χ1) is 14.7. The lowest BCUT2D eigenvalue weighted by Crippen LogP contribution is -2.17. The second-order valence-electron chi connectivity index (χ2n) is 6.41. The van der Waals surface area contributed by atoms with E-state index in [1.165, 1.54) is 0 Å². The van der Waals surface area contributed by atoms with Crippen LogP contribution in [0.5, 0.6) is 5.75 Å².